The molecule has 0 aliphatic carbocycles. The molecule has 2 aromatic carbocycles. The van der Waals surface area contributed by atoms with Crippen LogP contribution in [0.4, 0.5) is 0 Å². The summed E-state index contributed by atoms with van der Waals surface area (Å²) < 4.78 is 8.06. The Morgan fingerprint density at radius 3 is 1.84 bits per heavy atom. The minimum atomic E-state index is 0.745. The van der Waals surface area contributed by atoms with Crippen molar-refractivity contribution >= 4 is 0 Å². The summed E-state index contributed by atoms with van der Waals surface area (Å²) in [5, 5.41) is 0. The molecule has 0 spiro atoms. The molecule has 0 saturated heterocycles. The summed E-state index contributed by atoms with van der Waals surface area (Å²) in [5.74, 6) is 0. The number of unbranched alkanes of at least 4 members (excludes halogenated alkanes) is 7. The maximum Gasteiger partial charge on any atom is 0.173 e. The first-order valence-corrected chi connectivity index (χ1v) is 12.0. The molecule has 3 rings (SSSR count). The lowest BCUT2D eigenvalue weighted by Crippen LogP contribution is -2.33. The molecule has 31 heavy (non-hydrogen) atoms. The van der Waals surface area contributed by atoms with Gasteiger partial charge in [-0.3, -0.25) is 0 Å². The molecule has 2 heteroatoms. The van der Waals surface area contributed by atoms with E-state index >= 15 is 0 Å². The summed E-state index contributed by atoms with van der Waals surface area (Å²) in [5.41, 5.74) is 4.07. The van der Waals surface area contributed by atoms with Crippen LogP contribution < -0.4 is 4.57 Å². The van der Waals surface area contributed by atoms with Crippen LogP contribution in [0.25, 0.3) is 0 Å². The van der Waals surface area contributed by atoms with Gasteiger partial charge in [-0.15, -0.1) is 0 Å². The first-order valence-electron chi connectivity index (χ1n) is 12.0. The molecule has 0 fully saturated rings. The molecule has 0 bridgehead atoms. The lowest BCUT2D eigenvalue weighted by atomic mass is 10.0. The second-order valence-corrected chi connectivity index (χ2v) is 8.49. The Labute approximate surface area is 188 Å². The Morgan fingerprint density at radius 1 is 0.548 bits per heavy atom. The van der Waals surface area contributed by atoms with Crippen molar-refractivity contribution in [1.29, 1.82) is 0 Å². The molecule has 2 nitrogen and oxygen atoms in total. The number of pyridine rings is 1. The van der Waals surface area contributed by atoms with Crippen molar-refractivity contribution in [1.82, 2.24) is 0 Å². The highest BCUT2D eigenvalue weighted by Crippen LogP contribution is 2.11. The Bertz CT molecular complexity index is 832. The zero-order valence-electron chi connectivity index (χ0n) is 18.9. The summed E-state index contributed by atoms with van der Waals surface area (Å²) in [7, 11) is 0. The molecular formula is C29H38NO+. The van der Waals surface area contributed by atoms with Crippen molar-refractivity contribution in [3.63, 3.8) is 0 Å². The molecule has 0 aliphatic heterocycles. The molecule has 0 radical (unpaired) electrons. The van der Waals surface area contributed by atoms with Crippen LogP contribution in [0.3, 0.4) is 0 Å². The molecule has 0 N–H and O–H groups in total. The van der Waals surface area contributed by atoms with Gasteiger partial charge >= 0.3 is 0 Å². The van der Waals surface area contributed by atoms with Gasteiger partial charge in [0.05, 0.1) is 6.61 Å². The van der Waals surface area contributed by atoms with Gasteiger partial charge in [-0.25, -0.2) is 4.57 Å². The second kappa shape index (κ2) is 14.5. The van der Waals surface area contributed by atoms with E-state index in [0.717, 1.165) is 19.8 Å². The Balaban J connectivity index is 1.16. The summed E-state index contributed by atoms with van der Waals surface area (Å²) in [6.45, 7) is 2.58. The number of aromatic nitrogens is 1. The Hall–Kier alpha value is -2.45. The summed E-state index contributed by atoms with van der Waals surface area (Å²) in [6.07, 6.45) is 16.2. The average Bonchev–Trinajstić information content (AvgIpc) is 2.81. The monoisotopic (exact) mass is 416 g/mol. The quantitative estimate of drug-likeness (QED) is 0.194. The van der Waals surface area contributed by atoms with Gasteiger partial charge in [0.1, 0.15) is 0 Å². The normalized spacial score (nSPS) is 11.0. The second-order valence-electron chi connectivity index (χ2n) is 8.49. The van der Waals surface area contributed by atoms with Crippen LogP contribution in [0.2, 0.25) is 0 Å². The van der Waals surface area contributed by atoms with E-state index < -0.39 is 0 Å². The molecule has 0 saturated carbocycles. The zero-order valence-corrected chi connectivity index (χ0v) is 18.9. The van der Waals surface area contributed by atoms with E-state index in [4.69, 9.17) is 4.74 Å². The van der Waals surface area contributed by atoms with E-state index in [1.807, 2.05) is 6.07 Å². The molecule has 0 aliphatic rings. The van der Waals surface area contributed by atoms with Crippen LogP contribution in [0.1, 0.15) is 68.1 Å². The number of benzene rings is 2. The third kappa shape index (κ3) is 9.93. The fourth-order valence-electron chi connectivity index (χ4n) is 3.97. The van der Waals surface area contributed by atoms with E-state index in [9.17, 15) is 0 Å². The van der Waals surface area contributed by atoms with Gasteiger partial charge in [-0.05, 0) is 30.9 Å². The molecule has 164 valence electrons. The van der Waals surface area contributed by atoms with Crippen LogP contribution in [0.5, 0.6) is 0 Å². The number of aryl methyl sites for hydroxylation is 1. The van der Waals surface area contributed by atoms with Crippen molar-refractivity contribution in [2.24, 2.45) is 0 Å². The van der Waals surface area contributed by atoms with E-state index in [2.05, 4.69) is 83.7 Å². The minimum Gasteiger partial charge on any atom is -0.377 e. The Morgan fingerprint density at radius 2 is 1.13 bits per heavy atom. The minimum absolute atomic E-state index is 0.745. The van der Waals surface area contributed by atoms with Crippen LogP contribution in [-0.2, 0) is 24.3 Å². The molecule has 3 aromatic rings. The lowest BCUT2D eigenvalue weighted by Gasteiger charge is -2.05. The number of hydrogen-bond acceptors (Lipinski definition) is 1. The van der Waals surface area contributed by atoms with Crippen LogP contribution in [0.15, 0.2) is 85.2 Å². The highest BCUT2D eigenvalue weighted by molar-refractivity contribution is 5.14. The largest absolute Gasteiger partial charge is 0.377 e. The SMILES string of the molecule is c1ccc(COCCCCCCCCCCc2ccc[n+](Cc3ccccc3)c2)cc1. The van der Waals surface area contributed by atoms with Gasteiger partial charge in [-0.2, -0.15) is 0 Å². The van der Waals surface area contributed by atoms with Gasteiger partial charge in [0.2, 0.25) is 0 Å². The fourth-order valence-corrected chi connectivity index (χ4v) is 3.97. The third-order valence-electron chi connectivity index (χ3n) is 5.74. The van der Waals surface area contributed by atoms with Crippen LogP contribution in [-0.4, -0.2) is 6.61 Å². The van der Waals surface area contributed by atoms with Crippen molar-refractivity contribution in [2.45, 2.75) is 70.9 Å². The highest BCUT2D eigenvalue weighted by Gasteiger charge is 2.04. The van der Waals surface area contributed by atoms with Crippen LogP contribution in [0, 0.1) is 0 Å². The number of hydrogen-bond donors (Lipinski definition) is 0. The summed E-state index contributed by atoms with van der Waals surface area (Å²) >= 11 is 0. The van der Waals surface area contributed by atoms with E-state index in [-0.39, 0.29) is 0 Å². The average molecular weight is 417 g/mol. The van der Waals surface area contributed by atoms with Crippen molar-refractivity contribution in [3.8, 4) is 0 Å². The number of rotatable bonds is 15. The zero-order chi connectivity index (χ0) is 21.4. The molecule has 0 atom stereocenters. The van der Waals surface area contributed by atoms with Gasteiger partial charge in [0.15, 0.2) is 18.9 Å². The first-order chi connectivity index (χ1) is 15.4. The summed E-state index contributed by atoms with van der Waals surface area (Å²) in [6, 6.07) is 25.6. The molecule has 1 heterocycles. The fraction of sp³-hybridized carbons (Fsp3) is 0.414. The van der Waals surface area contributed by atoms with Gasteiger partial charge < -0.3 is 4.74 Å². The maximum absolute atomic E-state index is 5.76. The molecule has 0 amide bonds. The van der Waals surface area contributed by atoms with Crippen molar-refractivity contribution < 1.29 is 9.30 Å². The Kier molecular flexibility index (Phi) is 10.9. The topological polar surface area (TPSA) is 13.1 Å². The third-order valence-corrected chi connectivity index (χ3v) is 5.74. The summed E-state index contributed by atoms with van der Waals surface area (Å²) in [4.78, 5) is 0. The highest BCUT2D eigenvalue weighted by atomic mass is 16.5. The predicted octanol–water partition coefficient (Wildman–Crippen LogP) is 6.90. The van der Waals surface area contributed by atoms with E-state index in [1.165, 1.54) is 74.5 Å². The molecular weight excluding hydrogens is 378 g/mol. The van der Waals surface area contributed by atoms with E-state index in [0.29, 0.717) is 0 Å². The van der Waals surface area contributed by atoms with Crippen molar-refractivity contribution in [3.05, 3.63) is 102 Å². The number of nitrogens with zero attached hydrogens (tertiary/aromatic N) is 1. The first kappa shape index (κ1) is 23.2. The maximum atomic E-state index is 5.76. The molecule has 1 aromatic heterocycles. The molecule has 0 unspecified atom stereocenters. The van der Waals surface area contributed by atoms with Crippen molar-refractivity contribution in [2.75, 3.05) is 6.61 Å². The lowest BCUT2D eigenvalue weighted by molar-refractivity contribution is -0.688. The number of ether oxygens (including phenoxy) is 1. The van der Waals surface area contributed by atoms with Gasteiger partial charge in [0, 0.05) is 23.8 Å². The smallest absolute Gasteiger partial charge is 0.173 e. The van der Waals surface area contributed by atoms with Crippen LogP contribution >= 0.6 is 0 Å². The van der Waals surface area contributed by atoms with Gasteiger partial charge in [-0.1, -0.05) is 99.2 Å². The van der Waals surface area contributed by atoms with Gasteiger partial charge in [0.25, 0.3) is 0 Å². The standard InChI is InChI=1S/C29H38NO/c1(2-4-6-14-23-31-26-29-19-12-8-13-20-29)3-5-9-16-28-21-15-22-30(25-28)24-27-17-10-7-11-18-27/h7-8,10-13,15,17-22,25H,1-6,9,14,16,23-24,26H2/q+1. The van der Waals surface area contributed by atoms with E-state index in [1.54, 1.807) is 0 Å². The predicted molar refractivity (Wildman–Crippen MR) is 129 cm³/mol.